The highest BCUT2D eigenvalue weighted by molar-refractivity contribution is 5.92. The summed E-state index contributed by atoms with van der Waals surface area (Å²) in [4.78, 5) is 0. The molecule has 4 aromatic carbocycles. The highest BCUT2D eigenvalue weighted by Crippen LogP contribution is 2.55. The predicted molar refractivity (Wildman–Crippen MR) is 137 cm³/mol. The van der Waals surface area contributed by atoms with Gasteiger partial charge in [-0.1, -0.05) is 128 Å². The third-order valence-corrected chi connectivity index (χ3v) is 6.47. The first-order chi connectivity index (χ1) is 15.8. The largest absolute Gasteiger partial charge is 0.0987 e. The van der Waals surface area contributed by atoms with Crippen molar-refractivity contribution in [1.29, 1.82) is 0 Å². The Labute approximate surface area is 190 Å². The normalized spacial score (nSPS) is 14.5. The lowest BCUT2D eigenvalue weighted by Gasteiger charge is -2.35. The Hall–Kier alpha value is -3.90. The molecule has 0 radical (unpaired) electrons. The molecule has 0 aromatic heterocycles. The molecule has 0 fully saturated rings. The summed E-state index contributed by atoms with van der Waals surface area (Å²) < 4.78 is 0. The smallest absolute Gasteiger partial charge is 0.0713 e. The SMILES string of the molecule is C=CC1=C(/C=C\C)c2ccc(-c3ccccc3)cc2C1(c1ccccc1)c1ccccc1. The van der Waals surface area contributed by atoms with Gasteiger partial charge in [-0.2, -0.15) is 0 Å². The Morgan fingerprint density at radius 1 is 0.656 bits per heavy atom. The third kappa shape index (κ3) is 2.99. The zero-order valence-electron chi connectivity index (χ0n) is 18.3. The van der Waals surface area contributed by atoms with Crippen molar-refractivity contribution >= 4 is 5.57 Å². The van der Waals surface area contributed by atoms with Crippen molar-refractivity contribution in [3.8, 4) is 11.1 Å². The molecule has 0 saturated heterocycles. The lowest BCUT2D eigenvalue weighted by Crippen LogP contribution is -2.29. The van der Waals surface area contributed by atoms with E-state index in [4.69, 9.17) is 0 Å². The van der Waals surface area contributed by atoms with Crippen LogP contribution in [0.4, 0.5) is 0 Å². The second kappa shape index (κ2) is 8.32. The van der Waals surface area contributed by atoms with E-state index in [0.29, 0.717) is 0 Å². The van der Waals surface area contributed by atoms with E-state index in [2.05, 4.69) is 141 Å². The topological polar surface area (TPSA) is 0 Å². The first kappa shape index (κ1) is 20.0. The molecule has 0 bridgehead atoms. The van der Waals surface area contributed by atoms with Gasteiger partial charge in [0.25, 0.3) is 0 Å². The summed E-state index contributed by atoms with van der Waals surface area (Å²) >= 11 is 0. The minimum atomic E-state index is -0.417. The summed E-state index contributed by atoms with van der Waals surface area (Å²) in [6.45, 7) is 6.37. The van der Waals surface area contributed by atoms with Crippen molar-refractivity contribution in [3.05, 3.63) is 162 Å². The summed E-state index contributed by atoms with van der Waals surface area (Å²) in [5.41, 5.74) is 9.59. The van der Waals surface area contributed by atoms with E-state index in [-0.39, 0.29) is 0 Å². The Morgan fingerprint density at radius 2 is 1.22 bits per heavy atom. The van der Waals surface area contributed by atoms with Crippen LogP contribution in [0.5, 0.6) is 0 Å². The molecule has 0 N–H and O–H groups in total. The van der Waals surface area contributed by atoms with Crippen LogP contribution < -0.4 is 0 Å². The third-order valence-electron chi connectivity index (χ3n) is 6.47. The van der Waals surface area contributed by atoms with Gasteiger partial charge in [0.2, 0.25) is 0 Å². The maximum Gasteiger partial charge on any atom is 0.0713 e. The summed E-state index contributed by atoms with van der Waals surface area (Å²) in [6, 6.07) is 39.2. The Balaban J connectivity index is 1.92. The molecule has 154 valence electrons. The van der Waals surface area contributed by atoms with E-state index in [1.807, 2.05) is 0 Å². The molecular weight excluding hydrogens is 384 g/mol. The van der Waals surface area contributed by atoms with E-state index < -0.39 is 5.41 Å². The molecule has 0 heteroatoms. The second-order valence-corrected chi connectivity index (χ2v) is 8.14. The average Bonchev–Trinajstić information content (AvgIpc) is 3.15. The molecule has 0 amide bonds. The van der Waals surface area contributed by atoms with Gasteiger partial charge >= 0.3 is 0 Å². The van der Waals surface area contributed by atoms with Crippen molar-refractivity contribution < 1.29 is 0 Å². The molecule has 0 spiro atoms. The van der Waals surface area contributed by atoms with E-state index in [1.54, 1.807) is 0 Å². The van der Waals surface area contributed by atoms with Crippen LogP contribution in [0.1, 0.15) is 29.2 Å². The van der Waals surface area contributed by atoms with E-state index in [9.17, 15) is 0 Å². The van der Waals surface area contributed by atoms with Crippen LogP contribution in [0.2, 0.25) is 0 Å². The fourth-order valence-electron chi connectivity index (χ4n) is 5.17. The number of rotatable bonds is 5. The van der Waals surface area contributed by atoms with Crippen LogP contribution in [0.3, 0.4) is 0 Å². The lowest BCUT2D eigenvalue weighted by atomic mass is 9.66. The Kier molecular flexibility index (Phi) is 5.21. The van der Waals surface area contributed by atoms with E-state index in [0.717, 1.165) is 0 Å². The first-order valence-corrected chi connectivity index (χ1v) is 11.1. The second-order valence-electron chi connectivity index (χ2n) is 8.14. The van der Waals surface area contributed by atoms with Crippen LogP contribution in [-0.4, -0.2) is 0 Å². The van der Waals surface area contributed by atoms with Gasteiger partial charge in [-0.25, -0.2) is 0 Å². The zero-order chi connectivity index (χ0) is 22.0. The standard InChI is InChI=1S/C32H26/c1-3-14-28-29-22-21-25(24-15-8-5-9-16-24)23-31(29)32(30(28)4-2,26-17-10-6-11-18-26)27-19-12-7-13-20-27/h3-23H,2H2,1H3/b14-3-. The Bertz CT molecular complexity index is 1270. The molecule has 5 rings (SSSR count). The van der Waals surface area contributed by atoms with Crippen LogP contribution in [0.25, 0.3) is 16.7 Å². The van der Waals surface area contributed by atoms with Gasteiger partial charge in [0.15, 0.2) is 0 Å². The van der Waals surface area contributed by atoms with Crippen LogP contribution in [0.15, 0.2) is 140 Å². The molecule has 1 aliphatic carbocycles. The highest BCUT2D eigenvalue weighted by Gasteiger charge is 2.46. The minimum Gasteiger partial charge on any atom is -0.0987 e. The summed E-state index contributed by atoms with van der Waals surface area (Å²) in [5, 5.41) is 0. The van der Waals surface area contributed by atoms with Gasteiger partial charge in [-0.05, 0) is 57.5 Å². The van der Waals surface area contributed by atoms with Gasteiger partial charge in [0.1, 0.15) is 0 Å². The van der Waals surface area contributed by atoms with E-state index >= 15 is 0 Å². The highest BCUT2D eigenvalue weighted by atomic mass is 14.5. The molecule has 0 heterocycles. The monoisotopic (exact) mass is 410 g/mol. The summed E-state index contributed by atoms with van der Waals surface area (Å²) in [6.07, 6.45) is 6.41. The van der Waals surface area contributed by atoms with Gasteiger partial charge in [-0.15, -0.1) is 0 Å². The van der Waals surface area contributed by atoms with Crippen molar-refractivity contribution in [2.45, 2.75) is 12.3 Å². The van der Waals surface area contributed by atoms with Crippen molar-refractivity contribution in [1.82, 2.24) is 0 Å². The maximum atomic E-state index is 4.29. The minimum absolute atomic E-state index is 0.417. The quantitative estimate of drug-likeness (QED) is 0.311. The number of fused-ring (bicyclic) bond motifs is 1. The summed E-state index contributed by atoms with van der Waals surface area (Å²) in [7, 11) is 0. The molecule has 0 saturated carbocycles. The maximum absolute atomic E-state index is 4.29. The molecular formula is C32H26. The molecule has 0 aliphatic heterocycles. The molecule has 0 atom stereocenters. The number of allylic oxidation sites excluding steroid dienone is 5. The number of benzene rings is 4. The van der Waals surface area contributed by atoms with Crippen LogP contribution >= 0.6 is 0 Å². The summed E-state index contributed by atoms with van der Waals surface area (Å²) in [5.74, 6) is 0. The van der Waals surface area contributed by atoms with Crippen LogP contribution in [-0.2, 0) is 5.41 Å². The van der Waals surface area contributed by atoms with Crippen molar-refractivity contribution in [2.24, 2.45) is 0 Å². The van der Waals surface area contributed by atoms with Crippen LogP contribution in [0, 0.1) is 0 Å². The molecule has 1 aliphatic rings. The molecule has 4 aromatic rings. The fourth-order valence-corrected chi connectivity index (χ4v) is 5.17. The molecule has 0 nitrogen and oxygen atoms in total. The molecule has 32 heavy (non-hydrogen) atoms. The van der Waals surface area contributed by atoms with Crippen molar-refractivity contribution in [3.63, 3.8) is 0 Å². The lowest BCUT2D eigenvalue weighted by molar-refractivity contribution is 0.762. The van der Waals surface area contributed by atoms with Gasteiger partial charge in [0.05, 0.1) is 5.41 Å². The number of hydrogen-bond donors (Lipinski definition) is 0. The van der Waals surface area contributed by atoms with Crippen molar-refractivity contribution in [2.75, 3.05) is 0 Å². The Morgan fingerprint density at radius 3 is 1.75 bits per heavy atom. The fraction of sp³-hybridized carbons (Fsp3) is 0.0625. The molecule has 0 unspecified atom stereocenters. The first-order valence-electron chi connectivity index (χ1n) is 11.1. The average molecular weight is 411 g/mol. The predicted octanol–water partition coefficient (Wildman–Crippen LogP) is 8.22. The van der Waals surface area contributed by atoms with Gasteiger partial charge in [-0.3, -0.25) is 0 Å². The van der Waals surface area contributed by atoms with Gasteiger partial charge < -0.3 is 0 Å². The van der Waals surface area contributed by atoms with E-state index in [1.165, 1.54) is 44.5 Å². The van der Waals surface area contributed by atoms with Gasteiger partial charge in [0, 0.05) is 0 Å². The number of hydrogen-bond acceptors (Lipinski definition) is 0. The zero-order valence-corrected chi connectivity index (χ0v) is 18.3.